The predicted octanol–water partition coefficient (Wildman–Crippen LogP) is 3.47. The zero-order valence-electron chi connectivity index (χ0n) is 10.7. The number of thiol groups is 1. The second kappa shape index (κ2) is 7.00. The van der Waals surface area contributed by atoms with E-state index in [4.69, 9.17) is 5.11 Å². The standard InChI is InChI=1S/C16H18O2S/c17-16(18)13-19(11-14-7-3-1-4-8-14)12-15-9-5-2-6-10-15/h1-10,19H,11-13H2,(H,17,18). The van der Waals surface area contributed by atoms with Crippen molar-refractivity contribution in [2.45, 2.75) is 11.5 Å². The van der Waals surface area contributed by atoms with E-state index in [1.165, 1.54) is 11.1 Å². The number of hydrogen-bond acceptors (Lipinski definition) is 1. The quantitative estimate of drug-likeness (QED) is 0.791. The van der Waals surface area contributed by atoms with Crippen LogP contribution in [0.25, 0.3) is 0 Å². The van der Waals surface area contributed by atoms with Crippen LogP contribution >= 0.6 is 10.9 Å². The van der Waals surface area contributed by atoms with E-state index in [0.29, 0.717) is 0 Å². The smallest absolute Gasteiger partial charge is 0.311 e. The van der Waals surface area contributed by atoms with E-state index < -0.39 is 16.9 Å². The number of aliphatic carboxylic acids is 1. The molecule has 0 aliphatic carbocycles. The number of rotatable bonds is 6. The van der Waals surface area contributed by atoms with Crippen molar-refractivity contribution in [3.63, 3.8) is 0 Å². The summed E-state index contributed by atoms with van der Waals surface area (Å²) in [7, 11) is -0.552. The van der Waals surface area contributed by atoms with Gasteiger partial charge in [0.05, 0.1) is 5.75 Å². The van der Waals surface area contributed by atoms with Crippen molar-refractivity contribution in [3.8, 4) is 0 Å². The Kier molecular flexibility index (Phi) is 5.04. The Bertz CT molecular complexity index is 469. The number of hydrogen-bond donors (Lipinski definition) is 2. The van der Waals surface area contributed by atoms with Gasteiger partial charge in [0.15, 0.2) is 0 Å². The van der Waals surface area contributed by atoms with Crippen molar-refractivity contribution in [1.82, 2.24) is 0 Å². The van der Waals surface area contributed by atoms with Crippen LogP contribution in [0.2, 0.25) is 0 Å². The van der Waals surface area contributed by atoms with Crippen molar-refractivity contribution >= 4 is 16.9 Å². The Morgan fingerprint density at radius 1 is 0.842 bits per heavy atom. The molecule has 0 atom stereocenters. The maximum absolute atomic E-state index is 11.0. The maximum atomic E-state index is 11.0. The zero-order chi connectivity index (χ0) is 13.5. The molecular weight excluding hydrogens is 256 g/mol. The van der Waals surface area contributed by atoms with Gasteiger partial charge in [-0.3, -0.25) is 4.79 Å². The highest BCUT2D eigenvalue weighted by Crippen LogP contribution is 2.34. The van der Waals surface area contributed by atoms with Crippen LogP contribution in [0.15, 0.2) is 60.7 Å². The van der Waals surface area contributed by atoms with Gasteiger partial charge in [-0.15, -0.1) is 0 Å². The largest absolute Gasteiger partial charge is 0.481 e. The molecule has 100 valence electrons. The molecule has 2 aromatic carbocycles. The van der Waals surface area contributed by atoms with Crippen molar-refractivity contribution in [2.75, 3.05) is 5.75 Å². The lowest BCUT2D eigenvalue weighted by Crippen LogP contribution is -2.06. The minimum atomic E-state index is -0.696. The first-order valence-corrected chi connectivity index (χ1v) is 8.16. The van der Waals surface area contributed by atoms with Crippen LogP contribution in [0, 0.1) is 0 Å². The van der Waals surface area contributed by atoms with E-state index in [1.807, 2.05) is 36.4 Å². The van der Waals surface area contributed by atoms with Crippen LogP contribution in [0.3, 0.4) is 0 Å². The fourth-order valence-electron chi connectivity index (χ4n) is 2.04. The molecule has 2 nitrogen and oxygen atoms in total. The monoisotopic (exact) mass is 274 g/mol. The lowest BCUT2D eigenvalue weighted by Gasteiger charge is -2.20. The minimum absolute atomic E-state index is 0.277. The first kappa shape index (κ1) is 13.7. The fourth-order valence-corrected chi connectivity index (χ4v) is 4.21. The van der Waals surface area contributed by atoms with Crippen LogP contribution in [-0.2, 0) is 16.3 Å². The molecule has 2 aromatic rings. The lowest BCUT2D eigenvalue weighted by atomic mass is 10.2. The molecule has 0 amide bonds. The molecule has 0 aliphatic rings. The molecule has 0 spiro atoms. The van der Waals surface area contributed by atoms with Crippen LogP contribution in [-0.4, -0.2) is 16.8 Å². The van der Waals surface area contributed by atoms with Crippen molar-refractivity contribution in [2.24, 2.45) is 0 Å². The normalized spacial score (nSPS) is 11.1. The van der Waals surface area contributed by atoms with E-state index >= 15 is 0 Å². The van der Waals surface area contributed by atoms with Crippen LogP contribution in [0.4, 0.5) is 0 Å². The number of benzene rings is 2. The molecule has 0 heterocycles. The summed E-state index contributed by atoms with van der Waals surface area (Å²) in [6, 6.07) is 20.3. The van der Waals surface area contributed by atoms with Crippen LogP contribution < -0.4 is 0 Å². The summed E-state index contributed by atoms with van der Waals surface area (Å²) in [5.41, 5.74) is 2.46. The van der Waals surface area contributed by atoms with E-state index in [0.717, 1.165) is 11.5 Å². The van der Waals surface area contributed by atoms with Crippen molar-refractivity contribution < 1.29 is 9.90 Å². The SMILES string of the molecule is O=C(O)C[SH](Cc1ccccc1)Cc1ccccc1. The third-order valence-electron chi connectivity index (χ3n) is 2.86. The Morgan fingerprint density at radius 3 is 1.63 bits per heavy atom. The molecule has 0 aromatic heterocycles. The zero-order valence-corrected chi connectivity index (χ0v) is 11.6. The number of carboxylic acids is 1. The maximum Gasteiger partial charge on any atom is 0.311 e. The van der Waals surface area contributed by atoms with Crippen LogP contribution in [0.5, 0.6) is 0 Å². The molecule has 0 bridgehead atoms. The second-order valence-corrected chi connectivity index (χ2v) is 6.80. The van der Waals surface area contributed by atoms with Gasteiger partial charge in [0.25, 0.3) is 0 Å². The lowest BCUT2D eigenvalue weighted by molar-refractivity contribution is -0.133. The van der Waals surface area contributed by atoms with Gasteiger partial charge in [-0.2, -0.15) is 0 Å². The highest BCUT2D eigenvalue weighted by molar-refractivity contribution is 8.16. The van der Waals surface area contributed by atoms with Gasteiger partial charge < -0.3 is 5.11 Å². The first-order chi connectivity index (χ1) is 9.24. The van der Waals surface area contributed by atoms with E-state index in [-0.39, 0.29) is 5.75 Å². The Hall–Kier alpha value is -1.74. The third kappa shape index (κ3) is 4.79. The average molecular weight is 274 g/mol. The third-order valence-corrected chi connectivity index (χ3v) is 5.20. The summed E-state index contributed by atoms with van der Waals surface area (Å²) in [6.07, 6.45) is 0. The molecule has 0 aliphatic heterocycles. The Balaban J connectivity index is 2.06. The number of carboxylic acid groups (broad SMARTS) is 1. The van der Waals surface area contributed by atoms with Gasteiger partial charge in [-0.05, 0) is 11.1 Å². The Labute approximate surface area is 116 Å². The van der Waals surface area contributed by atoms with E-state index in [1.54, 1.807) is 0 Å². The molecule has 0 unspecified atom stereocenters. The molecule has 19 heavy (non-hydrogen) atoms. The van der Waals surface area contributed by atoms with Gasteiger partial charge in [0.1, 0.15) is 0 Å². The first-order valence-electron chi connectivity index (χ1n) is 6.26. The summed E-state index contributed by atoms with van der Waals surface area (Å²) in [6.45, 7) is 0. The van der Waals surface area contributed by atoms with Gasteiger partial charge in [-0.1, -0.05) is 60.7 Å². The average Bonchev–Trinajstić information content (AvgIpc) is 2.40. The van der Waals surface area contributed by atoms with Gasteiger partial charge >= 0.3 is 5.97 Å². The molecule has 1 N–H and O–H groups in total. The van der Waals surface area contributed by atoms with Crippen molar-refractivity contribution in [3.05, 3.63) is 71.8 Å². The predicted molar refractivity (Wildman–Crippen MR) is 81.8 cm³/mol. The summed E-state index contributed by atoms with van der Waals surface area (Å²) < 4.78 is 0. The molecule has 0 saturated heterocycles. The molecule has 0 fully saturated rings. The highest BCUT2D eigenvalue weighted by atomic mass is 32.2. The molecule has 0 saturated carbocycles. The summed E-state index contributed by atoms with van der Waals surface area (Å²) >= 11 is 0. The summed E-state index contributed by atoms with van der Waals surface area (Å²) in [4.78, 5) is 11.0. The summed E-state index contributed by atoms with van der Waals surface area (Å²) in [5, 5.41) is 9.06. The highest BCUT2D eigenvalue weighted by Gasteiger charge is 2.10. The molecule has 2 rings (SSSR count). The van der Waals surface area contributed by atoms with Gasteiger partial charge in [0, 0.05) is 11.5 Å². The van der Waals surface area contributed by atoms with Gasteiger partial charge in [0.2, 0.25) is 0 Å². The van der Waals surface area contributed by atoms with Crippen LogP contribution in [0.1, 0.15) is 11.1 Å². The van der Waals surface area contributed by atoms with Crippen molar-refractivity contribution in [1.29, 1.82) is 0 Å². The molecular formula is C16H18O2S. The summed E-state index contributed by atoms with van der Waals surface area (Å²) in [5.74, 6) is 1.33. The fraction of sp³-hybridized carbons (Fsp3) is 0.188. The minimum Gasteiger partial charge on any atom is -0.481 e. The topological polar surface area (TPSA) is 37.3 Å². The van der Waals surface area contributed by atoms with E-state index in [9.17, 15) is 4.79 Å². The second-order valence-electron chi connectivity index (χ2n) is 4.51. The molecule has 3 heteroatoms. The number of carbonyl (C=O) groups is 1. The molecule has 0 radical (unpaired) electrons. The van der Waals surface area contributed by atoms with Gasteiger partial charge in [-0.25, -0.2) is 10.9 Å². The van der Waals surface area contributed by atoms with E-state index in [2.05, 4.69) is 24.3 Å². The Morgan fingerprint density at radius 2 is 1.26 bits per heavy atom.